The fourth-order valence-corrected chi connectivity index (χ4v) is 0.978. The molecule has 0 heterocycles. The summed E-state index contributed by atoms with van der Waals surface area (Å²) in [6.07, 6.45) is 0.453. The van der Waals surface area contributed by atoms with E-state index in [9.17, 15) is 19.2 Å². The SMILES string of the molecule is CC(=O)CC(=O)OC(C)C.CCCOC(=O)CC(C)=O. The molecular formula is C14H24O6. The lowest BCUT2D eigenvalue weighted by Gasteiger charge is -2.05. The van der Waals surface area contributed by atoms with Gasteiger partial charge < -0.3 is 9.47 Å². The first kappa shape index (κ1) is 20.6. The molecule has 0 aliphatic carbocycles. The number of Topliss-reactive ketones (excluding diaryl/α,β-unsaturated/α-hetero) is 2. The number of carbonyl (C=O) groups is 4. The van der Waals surface area contributed by atoms with Crippen molar-refractivity contribution in [3.05, 3.63) is 0 Å². The quantitative estimate of drug-likeness (QED) is 0.524. The van der Waals surface area contributed by atoms with Gasteiger partial charge in [-0.3, -0.25) is 19.2 Å². The van der Waals surface area contributed by atoms with Gasteiger partial charge in [-0.1, -0.05) is 6.92 Å². The van der Waals surface area contributed by atoms with E-state index in [0.29, 0.717) is 6.61 Å². The molecule has 0 saturated heterocycles. The highest BCUT2D eigenvalue weighted by molar-refractivity contribution is 5.94. The second kappa shape index (κ2) is 12.3. The third kappa shape index (κ3) is 18.6. The lowest BCUT2D eigenvalue weighted by atomic mass is 10.3. The van der Waals surface area contributed by atoms with Gasteiger partial charge in [0, 0.05) is 0 Å². The molecule has 0 aromatic heterocycles. The first-order valence-corrected chi connectivity index (χ1v) is 6.53. The Morgan fingerprint density at radius 1 is 0.900 bits per heavy atom. The number of esters is 2. The number of ether oxygens (including phenoxy) is 2. The van der Waals surface area contributed by atoms with Crippen LogP contribution in [0.4, 0.5) is 0 Å². The first-order chi connectivity index (χ1) is 9.18. The third-order valence-corrected chi connectivity index (χ3v) is 1.62. The number of rotatable bonds is 7. The van der Waals surface area contributed by atoms with Crippen molar-refractivity contribution in [3.8, 4) is 0 Å². The van der Waals surface area contributed by atoms with E-state index in [1.807, 2.05) is 6.92 Å². The van der Waals surface area contributed by atoms with E-state index in [2.05, 4.69) is 4.74 Å². The van der Waals surface area contributed by atoms with Gasteiger partial charge >= 0.3 is 11.9 Å². The fourth-order valence-electron chi connectivity index (χ4n) is 0.978. The summed E-state index contributed by atoms with van der Waals surface area (Å²) in [5.74, 6) is -1.18. The van der Waals surface area contributed by atoms with Crippen molar-refractivity contribution in [3.63, 3.8) is 0 Å². The molecule has 0 saturated carbocycles. The summed E-state index contributed by atoms with van der Waals surface area (Å²) in [4.78, 5) is 41.8. The minimum Gasteiger partial charge on any atom is -0.465 e. The fraction of sp³-hybridized carbons (Fsp3) is 0.714. The Hall–Kier alpha value is -1.72. The Morgan fingerprint density at radius 2 is 1.35 bits per heavy atom. The molecular weight excluding hydrogens is 264 g/mol. The van der Waals surface area contributed by atoms with E-state index in [1.165, 1.54) is 13.8 Å². The highest BCUT2D eigenvalue weighted by Gasteiger charge is 2.07. The van der Waals surface area contributed by atoms with Crippen molar-refractivity contribution in [1.29, 1.82) is 0 Å². The maximum absolute atomic E-state index is 10.6. The van der Waals surface area contributed by atoms with E-state index in [1.54, 1.807) is 13.8 Å². The molecule has 0 aliphatic heterocycles. The van der Waals surface area contributed by atoms with Crippen molar-refractivity contribution < 1.29 is 28.7 Å². The predicted octanol–water partition coefficient (Wildman–Crippen LogP) is 1.84. The molecule has 6 nitrogen and oxygen atoms in total. The standard InChI is InChI=1S/2C7H12O3/c1-5(2)10-7(9)4-6(3)8;1-3-4-10-7(9)5-6(2)8/h5H,4H2,1-3H3;3-5H2,1-2H3. The zero-order valence-corrected chi connectivity index (χ0v) is 12.9. The van der Waals surface area contributed by atoms with Crippen LogP contribution >= 0.6 is 0 Å². The van der Waals surface area contributed by atoms with Crippen molar-refractivity contribution in [1.82, 2.24) is 0 Å². The van der Waals surface area contributed by atoms with Crippen LogP contribution in [0.3, 0.4) is 0 Å². The van der Waals surface area contributed by atoms with Crippen LogP contribution < -0.4 is 0 Å². The van der Waals surface area contributed by atoms with Gasteiger partial charge in [-0.15, -0.1) is 0 Å². The van der Waals surface area contributed by atoms with Crippen molar-refractivity contribution >= 4 is 23.5 Å². The summed E-state index contributed by atoms with van der Waals surface area (Å²) < 4.78 is 9.34. The smallest absolute Gasteiger partial charge is 0.313 e. The van der Waals surface area contributed by atoms with E-state index in [4.69, 9.17) is 4.74 Å². The maximum atomic E-state index is 10.6. The van der Waals surface area contributed by atoms with Crippen LogP contribution in [0.5, 0.6) is 0 Å². The Kier molecular flexibility index (Phi) is 12.7. The molecule has 0 aromatic rings. The lowest BCUT2D eigenvalue weighted by Crippen LogP contribution is -2.13. The maximum Gasteiger partial charge on any atom is 0.313 e. The molecule has 6 heteroatoms. The minimum absolute atomic E-state index is 0.0972. The predicted molar refractivity (Wildman–Crippen MR) is 73.1 cm³/mol. The molecule has 0 rings (SSSR count). The Labute approximate surface area is 119 Å². The summed E-state index contributed by atoms with van der Waals surface area (Å²) in [7, 11) is 0. The molecule has 116 valence electrons. The van der Waals surface area contributed by atoms with Gasteiger partial charge in [0.15, 0.2) is 0 Å². The molecule has 0 N–H and O–H groups in total. The highest BCUT2D eigenvalue weighted by atomic mass is 16.5. The second-order valence-electron chi connectivity index (χ2n) is 4.52. The summed E-state index contributed by atoms with van der Waals surface area (Å²) >= 11 is 0. The van der Waals surface area contributed by atoms with Crippen LogP contribution in [0.2, 0.25) is 0 Å². The normalized spacial score (nSPS) is 9.30. The number of carbonyl (C=O) groups excluding carboxylic acids is 4. The van der Waals surface area contributed by atoms with Crippen LogP contribution in [0.25, 0.3) is 0 Å². The molecule has 0 unspecified atom stereocenters. The summed E-state index contributed by atoms with van der Waals surface area (Å²) in [5, 5.41) is 0. The molecule has 0 bridgehead atoms. The minimum atomic E-state index is -0.442. The Morgan fingerprint density at radius 3 is 1.70 bits per heavy atom. The van der Waals surface area contributed by atoms with E-state index in [0.717, 1.165) is 6.42 Å². The zero-order valence-electron chi connectivity index (χ0n) is 12.9. The topological polar surface area (TPSA) is 86.7 Å². The van der Waals surface area contributed by atoms with Crippen molar-refractivity contribution in [2.45, 2.75) is 60.0 Å². The average Bonchev–Trinajstić information content (AvgIpc) is 2.23. The lowest BCUT2D eigenvalue weighted by molar-refractivity contribution is -0.149. The van der Waals surface area contributed by atoms with Crippen molar-refractivity contribution in [2.24, 2.45) is 0 Å². The first-order valence-electron chi connectivity index (χ1n) is 6.53. The van der Waals surface area contributed by atoms with E-state index >= 15 is 0 Å². The molecule has 0 fully saturated rings. The number of hydrogen-bond donors (Lipinski definition) is 0. The molecule has 0 amide bonds. The van der Waals surface area contributed by atoms with Crippen LogP contribution in [-0.4, -0.2) is 36.2 Å². The van der Waals surface area contributed by atoms with Gasteiger partial charge in [-0.25, -0.2) is 0 Å². The summed E-state index contributed by atoms with van der Waals surface area (Å²) in [6, 6.07) is 0. The van der Waals surface area contributed by atoms with Crippen molar-refractivity contribution in [2.75, 3.05) is 6.61 Å². The van der Waals surface area contributed by atoms with Crippen LogP contribution in [0, 0.1) is 0 Å². The second-order valence-corrected chi connectivity index (χ2v) is 4.52. The number of ketones is 2. The Balaban J connectivity index is 0. The molecule has 20 heavy (non-hydrogen) atoms. The zero-order chi connectivity index (χ0) is 16.1. The van der Waals surface area contributed by atoms with Gasteiger partial charge in [0.2, 0.25) is 0 Å². The van der Waals surface area contributed by atoms with Crippen LogP contribution in [-0.2, 0) is 28.7 Å². The molecule has 0 radical (unpaired) electrons. The highest BCUT2D eigenvalue weighted by Crippen LogP contribution is 1.93. The average molecular weight is 288 g/mol. The Bertz CT molecular complexity index is 333. The van der Waals surface area contributed by atoms with Crippen LogP contribution in [0.15, 0.2) is 0 Å². The van der Waals surface area contributed by atoms with Gasteiger partial charge in [-0.2, -0.15) is 0 Å². The van der Waals surface area contributed by atoms with Crippen LogP contribution in [0.1, 0.15) is 53.9 Å². The van der Waals surface area contributed by atoms with E-state index < -0.39 is 11.9 Å². The van der Waals surface area contributed by atoms with Gasteiger partial charge in [-0.05, 0) is 34.1 Å². The van der Waals surface area contributed by atoms with Gasteiger partial charge in [0.05, 0.1) is 12.7 Å². The largest absolute Gasteiger partial charge is 0.465 e. The molecule has 0 aromatic carbocycles. The summed E-state index contributed by atoms with van der Waals surface area (Å²) in [6.45, 7) is 8.54. The van der Waals surface area contributed by atoms with E-state index in [-0.39, 0.29) is 30.5 Å². The van der Waals surface area contributed by atoms with Gasteiger partial charge in [0.1, 0.15) is 24.4 Å². The molecule has 0 aliphatic rings. The number of hydrogen-bond acceptors (Lipinski definition) is 6. The monoisotopic (exact) mass is 288 g/mol. The molecule has 0 atom stereocenters. The van der Waals surface area contributed by atoms with Gasteiger partial charge in [0.25, 0.3) is 0 Å². The third-order valence-electron chi connectivity index (χ3n) is 1.62. The molecule has 0 spiro atoms. The summed E-state index contributed by atoms with van der Waals surface area (Å²) in [5.41, 5.74) is 0.